The third-order valence-electron chi connectivity index (χ3n) is 2.58. The summed E-state index contributed by atoms with van der Waals surface area (Å²) >= 11 is 11.5. The Morgan fingerprint density at radius 2 is 2.00 bits per heavy atom. The third kappa shape index (κ3) is 1.73. The normalized spacial score (nSPS) is 16.9. The van der Waals surface area contributed by atoms with Crippen LogP contribution in [0, 0.1) is 16.7 Å². The van der Waals surface area contributed by atoms with Crippen molar-refractivity contribution in [2.24, 2.45) is 5.41 Å². The van der Waals surface area contributed by atoms with Gasteiger partial charge in [-0.2, -0.15) is 5.26 Å². The van der Waals surface area contributed by atoms with Gasteiger partial charge in [0.2, 0.25) is 0 Å². The molecule has 4 heteroatoms. The summed E-state index contributed by atoms with van der Waals surface area (Å²) in [6.07, 6.45) is 1.28. The van der Waals surface area contributed by atoms with E-state index in [1.165, 1.54) is 6.07 Å². The number of rotatable bonds is 2. The topological polar surface area (TPSA) is 40.9 Å². The van der Waals surface area contributed by atoms with Crippen LogP contribution < -0.4 is 0 Å². The summed E-state index contributed by atoms with van der Waals surface area (Å²) in [5.41, 5.74) is -0.333. The third-order valence-corrected chi connectivity index (χ3v) is 3.32. The van der Waals surface area contributed by atoms with Gasteiger partial charge in [-0.05, 0) is 31.0 Å². The van der Waals surface area contributed by atoms with Gasteiger partial charge >= 0.3 is 0 Å². The van der Waals surface area contributed by atoms with Gasteiger partial charge in [0.1, 0.15) is 5.41 Å². The first-order valence-corrected chi connectivity index (χ1v) is 5.26. The van der Waals surface area contributed by atoms with E-state index < -0.39 is 5.41 Å². The van der Waals surface area contributed by atoms with Crippen molar-refractivity contribution in [2.75, 3.05) is 0 Å². The first kappa shape index (κ1) is 10.5. The molecule has 0 heterocycles. The molecular formula is C11H7Cl2NO. The molecule has 0 aliphatic heterocycles. The van der Waals surface area contributed by atoms with Gasteiger partial charge in [-0.3, -0.25) is 4.79 Å². The molecule has 0 atom stereocenters. The number of ketones is 1. The lowest BCUT2D eigenvalue weighted by Gasteiger charge is -2.05. The van der Waals surface area contributed by atoms with Crippen molar-refractivity contribution in [3.05, 3.63) is 33.8 Å². The van der Waals surface area contributed by atoms with E-state index in [2.05, 4.69) is 6.07 Å². The summed E-state index contributed by atoms with van der Waals surface area (Å²) in [5.74, 6) is -0.149. The average molecular weight is 240 g/mol. The van der Waals surface area contributed by atoms with Crippen LogP contribution in [-0.2, 0) is 0 Å². The molecule has 15 heavy (non-hydrogen) atoms. The molecule has 1 saturated carbocycles. The van der Waals surface area contributed by atoms with Crippen molar-refractivity contribution in [2.45, 2.75) is 12.8 Å². The van der Waals surface area contributed by atoms with Gasteiger partial charge < -0.3 is 0 Å². The Hall–Kier alpha value is -1.04. The summed E-state index contributed by atoms with van der Waals surface area (Å²) in [7, 11) is 0. The maximum Gasteiger partial charge on any atom is 0.183 e. The summed E-state index contributed by atoms with van der Waals surface area (Å²) in [5, 5.41) is 9.64. The number of carbonyl (C=O) groups is 1. The van der Waals surface area contributed by atoms with Crippen molar-refractivity contribution in [3.8, 4) is 6.07 Å². The Labute approximate surface area is 97.4 Å². The van der Waals surface area contributed by atoms with Crippen LogP contribution in [0.3, 0.4) is 0 Å². The van der Waals surface area contributed by atoms with Gasteiger partial charge in [-0.25, -0.2) is 0 Å². The molecule has 1 aliphatic carbocycles. The number of Topliss-reactive ketones (excluding diaryl/α,β-unsaturated/α-hetero) is 1. The van der Waals surface area contributed by atoms with E-state index in [-0.39, 0.29) is 5.78 Å². The van der Waals surface area contributed by atoms with Gasteiger partial charge in [0.15, 0.2) is 5.78 Å². The highest BCUT2D eigenvalue weighted by molar-refractivity contribution is 6.42. The molecule has 1 aliphatic rings. The SMILES string of the molecule is N#CC1(C(=O)c2ccc(Cl)c(Cl)c2)CC1. The molecule has 1 aromatic rings. The molecule has 1 fully saturated rings. The lowest BCUT2D eigenvalue weighted by Crippen LogP contribution is -2.13. The van der Waals surface area contributed by atoms with Gasteiger partial charge in [0.05, 0.1) is 16.1 Å². The number of benzene rings is 1. The zero-order valence-electron chi connectivity index (χ0n) is 7.76. The van der Waals surface area contributed by atoms with E-state index in [0.717, 1.165) is 0 Å². The van der Waals surface area contributed by atoms with Crippen molar-refractivity contribution >= 4 is 29.0 Å². The van der Waals surface area contributed by atoms with Crippen molar-refractivity contribution in [1.29, 1.82) is 5.26 Å². The fourth-order valence-electron chi connectivity index (χ4n) is 1.43. The van der Waals surface area contributed by atoms with Crippen molar-refractivity contribution in [3.63, 3.8) is 0 Å². The van der Waals surface area contributed by atoms with Gasteiger partial charge in [-0.15, -0.1) is 0 Å². The standard InChI is InChI=1S/C11H7Cl2NO/c12-8-2-1-7(5-9(8)13)10(15)11(6-14)3-4-11/h1-2,5H,3-4H2. The molecule has 0 N–H and O–H groups in total. The van der Waals surface area contributed by atoms with Crippen LogP contribution in [0.4, 0.5) is 0 Å². The molecule has 0 radical (unpaired) electrons. The molecule has 0 spiro atoms. The molecule has 0 unspecified atom stereocenters. The quantitative estimate of drug-likeness (QED) is 0.742. The Balaban J connectivity index is 2.36. The fourth-order valence-corrected chi connectivity index (χ4v) is 1.73. The number of nitriles is 1. The molecule has 0 aromatic heterocycles. The number of nitrogens with zero attached hydrogens (tertiary/aromatic N) is 1. The predicted octanol–water partition coefficient (Wildman–Crippen LogP) is 3.48. The molecule has 0 saturated heterocycles. The van der Waals surface area contributed by atoms with Gasteiger partial charge in [0, 0.05) is 5.56 Å². The van der Waals surface area contributed by atoms with Crippen LogP contribution in [0.15, 0.2) is 18.2 Å². The molecule has 1 aromatic carbocycles. The second-order valence-electron chi connectivity index (χ2n) is 3.65. The molecular weight excluding hydrogens is 233 g/mol. The van der Waals surface area contributed by atoms with Crippen LogP contribution in [-0.4, -0.2) is 5.78 Å². The summed E-state index contributed by atoms with van der Waals surface area (Å²) in [6.45, 7) is 0. The van der Waals surface area contributed by atoms with Crippen molar-refractivity contribution < 1.29 is 4.79 Å². The van der Waals surface area contributed by atoms with Crippen LogP contribution >= 0.6 is 23.2 Å². The highest BCUT2D eigenvalue weighted by Crippen LogP contribution is 2.47. The second kappa shape index (κ2) is 3.52. The lowest BCUT2D eigenvalue weighted by molar-refractivity contribution is 0.0934. The van der Waals surface area contributed by atoms with E-state index in [0.29, 0.717) is 28.5 Å². The maximum atomic E-state index is 11.9. The Morgan fingerprint density at radius 3 is 2.47 bits per heavy atom. The average Bonchev–Trinajstić information content (AvgIpc) is 3.02. The van der Waals surface area contributed by atoms with Crippen LogP contribution in [0.2, 0.25) is 10.0 Å². The largest absolute Gasteiger partial charge is 0.292 e. The zero-order valence-corrected chi connectivity index (χ0v) is 9.27. The predicted molar refractivity (Wildman–Crippen MR) is 58.1 cm³/mol. The maximum absolute atomic E-state index is 11.9. The van der Waals surface area contributed by atoms with Crippen LogP contribution in [0.5, 0.6) is 0 Å². The molecule has 0 bridgehead atoms. The van der Waals surface area contributed by atoms with E-state index in [9.17, 15) is 4.79 Å². The van der Waals surface area contributed by atoms with E-state index >= 15 is 0 Å². The molecule has 2 rings (SSSR count). The summed E-state index contributed by atoms with van der Waals surface area (Å²) in [6, 6.07) is 6.76. The summed E-state index contributed by atoms with van der Waals surface area (Å²) < 4.78 is 0. The van der Waals surface area contributed by atoms with E-state index in [1.807, 2.05) is 0 Å². The smallest absolute Gasteiger partial charge is 0.183 e. The molecule has 76 valence electrons. The highest BCUT2D eigenvalue weighted by Gasteiger charge is 2.50. The zero-order chi connectivity index (χ0) is 11.1. The number of carbonyl (C=O) groups excluding carboxylic acids is 1. The van der Waals surface area contributed by atoms with E-state index in [1.54, 1.807) is 12.1 Å². The minimum Gasteiger partial charge on any atom is -0.292 e. The number of hydrogen-bond acceptors (Lipinski definition) is 2. The van der Waals surface area contributed by atoms with E-state index in [4.69, 9.17) is 28.5 Å². The fraction of sp³-hybridized carbons (Fsp3) is 0.273. The molecule has 0 amide bonds. The minimum absolute atomic E-state index is 0.149. The van der Waals surface area contributed by atoms with Gasteiger partial charge in [0.25, 0.3) is 0 Å². The van der Waals surface area contributed by atoms with Crippen LogP contribution in [0.1, 0.15) is 23.2 Å². The monoisotopic (exact) mass is 239 g/mol. The minimum atomic E-state index is -0.794. The first-order chi connectivity index (χ1) is 7.09. The number of halogens is 2. The Bertz CT molecular complexity index is 472. The summed E-state index contributed by atoms with van der Waals surface area (Å²) in [4.78, 5) is 11.9. The van der Waals surface area contributed by atoms with Crippen LogP contribution in [0.25, 0.3) is 0 Å². The number of hydrogen-bond donors (Lipinski definition) is 0. The van der Waals surface area contributed by atoms with Crippen molar-refractivity contribution in [1.82, 2.24) is 0 Å². The molecule has 2 nitrogen and oxygen atoms in total. The highest BCUT2D eigenvalue weighted by atomic mass is 35.5. The second-order valence-corrected chi connectivity index (χ2v) is 4.47. The Morgan fingerprint density at radius 1 is 1.33 bits per heavy atom. The lowest BCUT2D eigenvalue weighted by atomic mass is 9.96. The first-order valence-electron chi connectivity index (χ1n) is 4.50. The van der Waals surface area contributed by atoms with Gasteiger partial charge in [-0.1, -0.05) is 23.2 Å². The Kier molecular flexibility index (Phi) is 2.46.